The molecular formula is C21H24FN3O2. The summed E-state index contributed by atoms with van der Waals surface area (Å²) in [6.45, 7) is 1.32. The molecule has 142 valence electrons. The second kappa shape index (κ2) is 8.77. The molecule has 3 rings (SSSR count). The van der Waals surface area contributed by atoms with Crippen molar-refractivity contribution in [3.8, 4) is 0 Å². The lowest BCUT2D eigenvalue weighted by molar-refractivity contribution is -0.127. The molecule has 0 aliphatic carbocycles. The Labute approximate surface area is 158 Å². The average Bonchev–Trinajstić information content (AvgIpc) is 2.71. The second-order valence-corrected chi connectivity index (χ2v) is 6.73. The van der Waals surface area contributed by atoms with Gasteiger partial charge in [0.15, 0.2) is 0 Å². The van der Waals surface area contributed by atoms with Gasteiger partial charge in [-0.2, -0.15) is 0 Å². The Bertz CT molecular complexity index is 772. The highest BCUT2D eigenvalue weighted by atomic mass is 19.1. The lowest BCUT2D eigenvalue weighted by Gasteiger charge is -2.36. The number of likely N-dealkylation sites (tertiary alicyclic amines) is 1. The first-order valence-electron chi connectivity index (χ1n) is 9.15. The monoisotopic (exact) mass is 369 g/mol. The van der Waals surface area contributed by atoms with Crippen molar-refractivity contribution in [1.82, 2.24) is 10.2 Å². The van der Waals surface area contributed by atoms with E-state index in [4.69, 9.17) is 0 Å². The quantitative estimate of drug-likeness (QED) is 0.852. The third-order valence-corrected chi connectivity index (χ3v) is 4.99. The van der Waals surface area contributed by atoms with E-state index in [9.17, 15) is 14.0 Å². The predicted octanol–water partition coefficient (Wildman–Crippen LogP) is 2.96. The summed E-state index contributed by atoms with van der Waals surface area (Å²) in [6.07, 6.45) is 1.43. The second-order valence-electron chi connectivity index (χ2n) is 6.73. The van der Waals surface area contributed by atoms with E-state index >= 15 is 0 Å². The molecule has 1 aliphatic rings. The normalized spacial score (nSPS) is 16.5. The van der Waals surface area contributed by atoms with Crippen LogP contribution >= 0.6 is 0 Å². The zero-order valence-electron chi connectivity index (χ0n) is 15.3. The number of carbonyl (C=O) groups is 2. The number of nitrogens with zero attached hydrogens (tertiary/aromatic N) is 1. The summed E-state index contributed by atoms with van der Waals surface area (Å²) >= 11 is 0. The van der Waals surface area contributed by atoms with Crippen molar-refractivity contribution in [2.45, 2.75) is 18.9 Å². The van der Waals surface area contributed by atoms with Gasteiger partial charge in [-0.15, -0.1) is 0 Å². The number of anilines is 1. The molecule has 0 aromatic heterocycles. The molecule has 5 nitrogen and oxygen atoms in total. The maximum atomic E-state index is 13.1. The fraction of sp³-hybridized carbons (Fsp3) is 0.333. The van der Waals surface area contributed by atoms with E-state index in [2.05, 4.69) is 15.5 Å². The van der Waals surface area contributed by atoms with Crippen LogP contribution in [0.3, 0.4) is 0 Å². The van der Waals surface area contributed by atoms with Crippen molar-refractivity contribution in [1.29, 1.82) is 0 Å². The van der Waals surface area contributed by atoms with Gasteiger partial charge in [-0.05, 0) is 55.8 Å². The van der Waals surface area contributed by atoms with Crippen molar-refractivity contribution in [3.63, 3.8) is 0 Å². The molecule has 1 atom stereocenters. The third kappa shape index (κ3) is 4.71. The van der Waals surface area contributed by atoms with Crippen LogP contribution in [0.2, 0.25) is 0 Å². The summed E-state index contributed by atoms with van der Waals surface area (Å²) in [5.41, 5.74) is 1.46. The van der Waals surface area contributed by atoms with Gasteiger partial charge in [0.25, 0.3) is 0 Å². The Morgan fingerprint density at radius 1 is 1.04 bits per heavy atom. The molecule has 1 heterocycles. The molecule has 27 heavy (non-hydrogen) atoms. The van der Waals surface area contributed by atoms with Gasteiger partial charge in [-0.3, -0.25) is 14.5 Å². The van der Waals surface area contributed by atoms with Crippen molar-refractivity contribution >= 4 is 17.5 Å². The number of amides is 2. The van der Waals surface area contributed by atoms with Crippen LogP contribution in [0, 0.1) is 11.7 Å². The number of nitrogens with one attached hydrogen (secondary N) is 2. The van der Waals surface area contributed by atoms with Crippen LogP contribution in [0.4, 0.5) is 10.1 Å². The van der Waals surface area contributed by atoms with Crippen LogP contribution in [-0.4, -0.2) is 36.9 Å². The summed E-state index contributed by atoms with van der Waals surface area (Å²) in [4.78, 5) is 27.0. The van der Waals surface area contributed by atoms with E-state index in [1.807, 2.05) is 30.3 Å². The first kappa shape index (κ1) is 19.0. The maximum absolute atomic E-state index is 13.1. The van der Waals surface area contributed by atoms with E-state index in [0.717, 1.165) is 5.56 Å². The van der Waals surface area contributed by atoms with Crippen molar-refractivity contribution in [3.05, 3.63) is 66.0 Å². The van der Waals surface area contributed by atoms with E-state index in [0.29, 0.717) is 31.6 Å². The zero-order chi connectivity index (χ0) is 19.2. The maximum Gasteiger partial charge on any atom is 0.246 e. The number of piperidine rings is 1. The summed E-state index contributed by atoms with van der Waals surface area (Å²) < 4.78 is 13.1. The molecule has 0 radical (unpaired) electrons. The summed E-state index contributed by atoms with van der Waals surface area (Å²) in [5.74, 6) is -0.459. The lowest BCUT2D eigenvalue weighted by Crippen LogP contribution is -2.44. The van der Waals surface area contributed by atoms with Gasteiger partial charge >= 0.3 is 0 Å². The van der Waals surface area contributed by atoms with Gasteiger partial charge in [-0.25, -0.2) is 4.39 Å². The van der Waals surface area contributed by atoms with E-state index in [-0.39, 0.29) is 23.5 Å². The predicted molar refractivity (Wildman–Crippen MR) is 103 cm³/mol. The number of hydrogen-bond donors (Lipinski definition) is 2. The topological polar surface area (TPSA) is 61.4 Å². The van der Waals surface area contributed by atoms with Crippen LogP contribution < -0.4 is 10.6 Å². The number of carbonyl (C=O) groups excluding carboxylic acids is 2. The molecular weight excluding hydrogens is 345 g/mol. The molecule has 6 heteroatoms. The minimum absolute atomic E-state index is 0.0113. The SMILES string of the molecule is CNC(=O)C1CCN([C@@H](C(=O)Nc2ccc(F)cc2)c2ccccc2)CC1. The highest BCUT2D eigenvalue weighted by Crippen LogP contribution is 2.28. The van der Waals surface area contributed by atoms with Crippen molar-refractivity contribution in [2.24, 2.45) is 5.92 Å². The number of benzene rings is 2. The van der Waals surface area contributed by atoms with Crippen molar-refractivity contribution < 1.29 is 14.0 Å². The first-order valence-corrected chi connectivity index (χ1v) is 9.15. The lowest BCUT2D eigenvalue weighted by atomic mass is 9.93. The van der Waals surface area contributed by atoms with Crippen LogP contribution in [0.1, 0.15) is 24.4 Å². The molecule has 1 saturated heterocycles. The zero-order valence-corrected chi connectivity index (χ0v) is 15.3. The average molecular weight is 369 g/mol. The minimum atomic E-state index is -0.457. The standard InChI is InChI=1S/C21H24FN3O2/c1-23-20(26)16-11-13-25(14-12-16)19(15-5-3-2-4-6-15)21(27)24-18-9-7-17(22)8-10-18/h2-10,16,19H,11-14H2,1H3,(H,23,26)(H,24,27)/t19-/m1/s1. The molecule has 1 aliphatic heterocycles. The Hall–Kier alpha value is -2.73. The summed E-state index contributed by atoms with van der Waals surface area (Å²) in [7, 11) is 1.65. The molecule has 0 unspecified atom stereocenters. The minimum Gasteiger partial charge on any atom is -0.359 e. The molecule has 0 spiro atoms. The fourth-order valence-corrected chi connectivity index (χ4v) is 3.53. The van der Waals surface area contributed by atoms with Gasteiger partial charge in [-0.1, -0.05) is 30.3 Å². The Balaban J connectivity index is 1.77. The largest absolute Gasteiger partial charge is 0.359 e. The molecule has 2 aromatic rings. The van der Waals surface area contributed by atoms with Crippen molar-refractivity contribution in [2.75, 3.05) is 25.5 Å². The third-order valence-electron chi connectivity index (χ3n) is 4.99. The van der Waals surface area contributed by atoms with Crippen LogP contribution in [0.15, 0.2) is 54.6 Å². The van der Waals surface area contributed by atoms with Gasteiger partial charge in [0, 0.05) is 18.7 Å². The summed E-state index contributed by atoms with van der Waals surface area (Å²) in [5, 5.41) is 5.59. The first-order chi connectivity index (χ1) is 13.1. The van der Waals surface area contributed by atoms with Gasteiger partial charge < -0.3 is 10.6 Å². The number of rotatable bonds is 5. The van der Waals surface area contributed by atoms with Crippen LogP contribution in [-0.2, 0) is 9.59 Å². The Morgan fingerprint density at radius 2 is 1.67 bits per heavy atom. The molecule has 0 bridgehead atoms. The molecule has 2 aromatic carbocycles. The molecule has 2 amide bonds. The molecule has 1 fully saturated rings. The van der Waals surface area contributed by atoms with Gasteiger partial charge in [0.2, 0.25) is 11.8 Å². The fourth-order valence-electron chi connectivity index (χ4n) is 3.53. The molecule has 0 saturated carbocycles. The van der Waals surface area contributed by atoms with Gasteiger partial charge in [0.1, 0.15) is 11.9 Å². The van der Waals surface area contributed by atoms with Crippen LogP contribution in [0.5, 0.6) is 0 Å². The molecule has 2 N–H and O–H groups in total. The number of halogens is 1. The summed E-state index contributed by atoms with van der Waals surface area (Å²) in [6, 6.07) is 14.9. The highest BCUT2D eigenvalue weighted by molar-refractivity contribution is 5.95. The van der Waals surface area contributed by atoms with E-state index in [1.54, 1.807) is 19.2 Å². The van der Waals surface area contributed by atoms with E-state index < -0.39 is 6.04 Å². The van der Waals surface area contributed by atoms with Crippen LogP contribution in [0.25, 0.3) is 0 Å². The Morgan fingerprint density at radius 3 is 2.26 bits per heavy atom. The highest BCUT2D eigenvalue weighted by Gasteiger charge is 2.32. The Kier molecular flexibility index (Phi) is 6.19. The smallest absolute Gasteiger partial charge is 0.246 e. The number of hydrogen-bond acceptors (Lipinski definition) is 3. The van der Waals surface area contributed by atoms with E-state index in [1.165, 1.54) is 12.1 Å². The van der Waals surface area contributed by atoms with Gasteiger partial charge in [0.05, 0.1) is 0 Å².